The van der Waals surface area contributed by atoms with Gasteiger partial charge in [-0.2, -0.15) is 4.31 Å². The molecule has 1 saturated heterocycles. The summed E-state index contributed by atoms with van der Waals surface area (Å²) in [6, 6.07) is 14.2. The molecule has 1 aliphatic rings. The molecule has 8 heteroatoms. The molecule has 0 bridgehead atoms. The van der Waals surface area contributed by atoms with Crippen LogP contribution in [0.3, 0.4) is 0 Å². The smallest absolute Gasteiger partial charge is 0.243 e. The van der Waals surface area contributed by atoms with Crippen molar-refractivity contribution in [3.63, 3.8) is 0 Å². The van der Waals surface area contributed by atoms with Gasteiger partial charge in [0.1, 0.15) is 5.75 Å². The van der Waals surface area contributed by atoms with Crippen LogP contribution in [0.5, 0.6) is 5.75 Å². The Hall–Kier alpha value is -2.58. The first kappa shape index (κ1) is 20.2. The number of sulfonamides is 1. The number of aryl methyl sites for hydroxylation is 1. The van der Waals surface area contributed by atoms with Gasteiger partial charge in [0.2, 0.25) is 15.9 Å². The van der Waals surface area contributed by atoms with Crippen LogP contribution in [0, 0.1) is 6.92 Å². The minimum absolute atomic E-state index is 0.0710. The van der Waals surface area contributed by atoms with Crippen LogP contribution in [-0.4, -0.2) is 63.4 Å². The highest BCUT2D eigenvalue weighted by molar-refractivity contribution is 7.89. The third kappa shape index (κ3) is 4.45. The van der Waals surface area contributed by atoms with Gasteiger partial charge in [0.15, 0.2) is 0 Å². The lowest BCUT2D eigenvalue weighted by Crippen LogP contribution is -2.51. The molecule has 2 aromatic rings. The molecule has 0 aromatic heterocycles. The molecule has 0 radical (unpaired) electrons. The normalized spacial score (nSPS) is 15.3. The zero-order valence-corrected chi connectivity index (χ0v) is 16.9. The quantitative estimate of drug-likeness (QED) is 0.798. The molecule has 2 aromatic carbocycles. The Kier molecular flexibility index (Phi) is 6.21. The van der Waals surface area contributed by atoms with Gasteiger partial charge in [-0.1, -0.05) is 29.8 Å². The van der Waals surface area contributed by atoms with Crippen LogP contribution in [0.25, 0.3) is 0 Å². The largest absolute Gasteiger partial charge is 0.495 e. The maximum absolute atomic E-state index is 12.8. The summed E-state index contributed by atoms with van der Waals surface area (Å²) < 4.78 is 32.2. The molecule has 1 fully saturated rings. The van der Waals surface area contributed by atoms with Gasteiger partial charge in [0.25, 0.3) is 0 Å². The van der Waals surface area contributed by atoms with Gasteiger partial charge in [0, 0.05) is 26.2 Å². The van der Waals surface area contributed by atoms with E-state index in [0.29, 0.717) is 18.8 Å². The van der Waals surface area contributed by atoms with Gasteiger partial charge in [-0.15, -0.1) is 0 Å². The van der Waals surface area contributed by atoms with E-state index in [2.05, 4.69) is 5.32 Å². The SMILES string of the molecule is COc1ccccc1NCC(=O)N1CCN(S(=O)(=O)c2ccc(C)cc2)CC1. The van der Waals surface area contributed by atoms with Gasteiger partial charge in [0.05, 0.1) is 24.2 Å². The van der Waals surface area contributed by atoms with Crippen molar-refractivity contribution in [3.05, 3.63) is 54.1 Å². The van der Waals surface area contributed by atoms with E-state index < -0.39 is 10.0 Å². The fraction of sp³-hybridized carbons (Fsp3) is 0.350. The Bertz CT molecular complexity index is 921. The summed E-state index contributed by atoms with van der Waals surface area (Å²) in [4.78, 5) is 14.5. The second-order valence-corrected chi connectivity index (χ2v) is 8.59. The van der Waals surface area contributed by atoms with Crippen LogP contribution in [0.15, 0.2) is 53.4 Å². The number of nitrogens with zero attached hydrogens (tertiary/aromatic N) is 2. The maximum atomic E-state index is 12.8. The molecule has 1 N–H and O–H groups in total. The summed E-state index contributed by atoms with van der Waals surface area (Å²) in [5.74, 6) is 0.600. The van der Waals surface area contributed by atoms with E-state index in [1.165, 1.54) is 4.31 Å². The first-order valence-corrected chi connectivity index (χ1v) is 10.6. The number of para-hydroxylation sites is 2. The first-order valence-electron chi connectivity index (χ1n) is 9.13. The van der Waals surface area contributed by atoms with Crippen molar-refractivity contribution in [3.8, 4) is 5.75 Å². The number of amides is 1. The lowest BCUT2D eigenvalue weighted by molar-refractivity contribution is -0.130. The lowest BCUT2D eigenvalue weighted by atomic mass is 10.2. The molecular formula is C20H25N3O4S. The zero-order valence-electron chi connectivity index (χ0n) is 16.1. The van der Waals surface area contributed by atoms with Crippen LogP contribution >= 0.6 is 0 Å². The predicted octanol–water partition coefficient (Wildman–Crippen LogP) is 1.95. The number of anilines is 1. The summed E-state index contributed by atoms with van der Waals surface area (Å²) in [6.45, 7) is 3.37. The Morgan fingerprint density at radius 2 is 1.68 bits per heavy atom. The van der Waals surface area contributed by atoms with E-state index in [9.17, 15) is 13.2 Å². The molecule has 150 valence electrons. The molecule has 0 aliphatic carbocycles. The Labute approximate surface area is 166 Å². The number of benzene rings is 2. The Balaban J connectivity index is 1.56. The molecule has 0 atom stereocenters. The molecule has 7 nitrogen and oxygen atoms in total. The highest BCUT2D eigenvalue weighted by atomic mass is 32.2. The van der Waals surface area contributed by atoms with Crippen molar-refractivity contribution in [2.24, 2.45) is 0 Å². The van der Waals surface area contributed by atoms with Gasteiger partial charge < -0.3 is 15.0 Å². The lowest BCUT2D eigenvalue weighted by Gasteiger charge is -2.34. The number of carbonyl (C=O) groups is 1. The van der Waals surface area contributed by atoms with Crippen LogP contribution in [0.1, 0.15) is 5.56 Å². The van der Waals surface area contributed by atoms with E-state index in [1.54, 1.807) is 36.3 Å². The number of piperazine rings is 1. The van der Waals surface area contributed by atoms with Gasteiger partial charge in [-0.3, -0.25) is 4.79 Å². The molecule has 0 saturated carbocycles. The summed E-state index contributed by atoms with van der Waals surface area (Å²) in [6.07, 6.45) is 0. The standard InChI is InChI=1S/C20H25N3O4S/c1-16-7-9-17(10-8-16)28(25,26)23-13-11-22(12-14-23)20(24)15-21-18-5-3-4-6-19(18)27-2/h3-10,21H,11-15H2,1-2H3. The fourth-order valence-corrected chi connectivity index (χ4v) is 4.53. The second kappa shape index (κ2) is 8.62. The summed E-state index contributed by atoms with van der Waals surface area (Å²) >= 11 is 0. The minimum Gasteiger partial charge on any atom is -0.495 e. The van der Waals surface area contributed by atoms with Crippen LogP contribution in [-0.2, 0) is 14.8 Å². The Morgan fingerprint density at radius 1 is 1.04 bits per heavy atom. The number of hydrogen-bond donors (Lipinski definition) is 1. The van der Waals surface area contributed by atoms with Crippen molar-refractivity contribution >= 4 is 21.6 Å². The van der Waals surface area contributed by atoms with Crippen molar-refractivity contribution < 1.29 is 17.9 Å². The van der Waals surface area contributed by atoms with E-state index in [4.69, 9.17) is 4.74 Å². The van der Waals surface area contributed by atoms with Crippen molar-refractivity contribution in [2.45, 2.75) is 11.8 Å². The first-order chi connectivity index (χ1) is 13.4. The molecule has 1 heterocycles. The number of rotatable bonds is 6. The Morgan fingerprint density at radius 3 is 2.32 bits per heavy atom. The van der Waals surface area contributed by atoms with Gasteiger partial charge >= 0.3 is 0 Å². The van der Waals surface area contributed by atoms with E-state index in [-0.39, 0.29) is 30.4 Å². The second-order valence-electron chi connectivity index (χ2n) is 6.65. The number of ether oxygens (including phenoxy) is 1. The average molecular weight is 404 g/mol. The molecular weight excluding hydrogens is 378 g/mol. The highest BCUT2D eigenvalue weighted by Crippen LogP contribution is 2.23. The topological polar surface area (TPSA) is 79.0 Å². The molecule has 0 spiro atoms. The monoisotopic (exact) mass is 403 g/mol. The number of hydrogen-bond acceptors (Lipinski definition) is 5. The average Bonchev–Trinajstić information content (AvgIpc) is 2.72. The molecule has 28 heavy (non-hydrogen) atoms. The van der Waals surface area contributed by atoms with Crippen LogP contribution in [0.2, 0.25) is 0 Å². The highest BCUT2D eigenvalue weighted by Gasteiger charge is 2.29. The summed E-state index contributed by atoms with van der Waals surface area (Å²) in [5.41, 5.74) is 1.76. The number of methoxy groups -OCH3 is 1. The molecule has 3 rings (SSSR count). The van der Waals surface area contributed by atoms with Crippen molar-refractivity contribution in [1.82, 2.24) is 9.21 Å². The third-order valence-electron chi connectivity index (χ3n) is 4.79. The molecule has 0 unspecified atom stereocenters. The maximum Gasteiger partial charge on any atom is 0.243 e. The number of carbonyl (C=O) groups excluding carboxylic acids is 1. The molecule has 1 aliphatic heterocycles. The van der Waals surface area contributed by atoms with E-state index in [1.807, 2.05) is 31.2 Å². The van der Waals surface area contributed by atoms with Gasteiger partial charge in [-0.05, 0) is 31.2 Å². The van der Waals surface area contributed by atoms with Gasteiger partial charge in [-0.25, -0.2) is 8.42 Å². The van der Waals surface area contributed by atoms with E-state index in [0.717, 1.165) is 11.3 Å². The van der Waals surface area contributed by atoms with E-state index >= 15 is 0 Å². The predicted molar refractivity (Wildman–Crippen MR) is 108 cm³/mol. The molecule has 1 amide bonds. The number of nitrogens with one attached hydrogen (secondary N) is 1. The third-order valence-corrected chi connectivity index (χ3v) is 6.70. The van der Waals surface area contributed by atoms with Crippen molar-refractivity contribution in [1.29, 1.82) is 0 Å². The van der Waals surface area contributed by atoms with Crippen LogP contribution < -0.4 is 10.1 Å². The summed E-state index contributed by atoms with van der Waals surface area (Å²) in [5, 5.41) is 3.09. The van der Waals surface area contributed by atoms with Crippen LogP contribution in [0.4, 0.5) is 5.69 Å². The zero-order chi connectivity index (χ0) is 20.1. The minimum atomic E-state index is -3.53. The fourth-order valence-electron chi connectivity index (χ4n) is 3.11. The van der Waals surface area contributed by atoms with Crippen molar-refractivity contribution in [2.75, 3.05) is 45.2 Å². The summed E-state index contributed by atoms with van der Waals surface area (Å²) in [7, 11) is -1.95.